The fourth-order valence-electron chi connectivity index (χ4n) is 3.89. The van der Waals surface area contributed by atoms with E-state index < -0.39 is 16.1 Å². The number of ether oxygens (including phenoxy) is 1. The number of sulfonamides is 1. The number of carbonyl (C=O) groups excluding carboxylic acids is 1. The molecular formula is C25H31N5O4S. The quantitative estimate of drug-likeness (QED) is 0.488. The van der Waals surface area contributed by atoms with Crippen molar-refractivity contribution in [1.82, 2.24) is 19.0 Å². The second-order valence-corrected chi connectivity index (χ2v) is 10.6. The van der Waals surface area contributed by atoms with E-state index in [1.807, 2.05) is 54.1 Å². The van der Waals surface area contributed by atoms with Crippen LogP contribution in [0.15, 0.2) is 71.9 Å². The van der Waals surface area contributed by atoms with E-state index in [4.69, 9.17) is 4.74 Å². The number of anilines is 1. The van der Waals surface area contributed by atoms with Gasteiger partial charge in [0.25, 0.3) is 0 Å². The topological polar surface area (TPSA) is 96.8 Å². The molecule has 1 aliphatic rings. The van der Waals surface area contributed by atoms with Crippen molar-refractivity contribution in [2.45, 2.75) is 31.0 Å². The Hall–Kier alpha value is -3.05. The van der Waals surface area contributed by atoms with Crippen LogP contribution in [0, 0.1) is 0 Å². The summed E-state index contributed by atoms with van der Waals surface area (Å²) < 4.78 is 34.4. The summed E-state index contributed by atoms with van der Waals surface area (Å²) >= 11 is 0. The van der Waals surface area contributed by atoms with Gasteiger partial charge in [-0.05, 0) is 37.7 Å². The molecule has 2 heterocycles. The number of amides is 1. The van der Waals surface area contributed by atoms with Crippen molar-refractivity contribution >= 4 is 21.6 Å². The van der Waals surface area contributed by atoms with Crippen LogP contribution in [0.3, 0.4) is 0 Å². The summed E-state index contributed by atoms with van der Waals surface area (Å²) in [5.74, 6) is -0.218. The molecule has 3 aromatic rings. The molecule has 35 heavy (non-hydrogen) atoms. The Balaban J connectivity index is 1.35. The number of nitrogens with zero attached hydrogens (tertiary/aromatic N) is 4. The lowest BCUT2D eigenvalue weighted by Gasteiger charge is -2.26. The molecule has 9 nitrogen and oxygen atoms in total. The summed E-state index contributed by atoms with van der Waals surface area (Å²) in [6, 6.07) is 16.0. The maximum absolute atomic E-state index is 12.9. The highest BCUT2D eigenvalue weighted by Crippen LogP contribution is 2.21. The van der Waals surface area contributed by atoms with Crippen LogP contribution >= 0.6 is 0 Å². The van der Waals surface area contributed by atoms with Gasteiger partial charge in [-0.1, -0.05) is 36.4 Å². The van der Waals surface area contributed by atoms with Gasteiger partial charge in [0.1, 0.15) is 0 Å². The van der Waals surface area contributed by atoms with E-state index >= 15 is 0 Å². The largest absolute Gasteiger partial charge is 0.379 e. The van der Waals surface area contributed by atoms with E-state index in [-0.39, 0.29) is 10.8 Å². The van der Waals surface area contributed by atoms with E-state index in [0.29, 0.717) is 45.1 Å². The Morgan fingerprint density at radius 1 is 1.11 bits per heavy atom. The molecule has 0 bridgehead atoms. The smallest absolute Gasteiger partial charge is 0.243 e. The minimum absolute atomic E-state index is 0.157. The van der Waals surface area contributed by atoms with Crippen molar-refractivity contribution in [1.29, 1.82) is 0 Å². The molecule has 186 valence electrons. The van der Waals surface area contributed by atoms with Gasteiger partial charge in [0, 0.05) is 37.1 Å². The maximum atomic E-state index is 12.9. The first-order valence-corrected chi connectivity index (χ1v) is 13.0. The Bertz CT molecular complexity index is 1240. The van der Waals surface area contributed by atoms with Crippen molar-refractivity contribution in [3.05, 3.63) is 78.1 Å². The minimum atomic E-state index is -3.64. The van der Waals surface area contributed by atoms with Gasteiger partial charge in [-0.15, -0.1) is 0 Å². The molecule has 0 radical (unpaired) electrons. The first-order chi connectivity index (χ1) is 16.8. The van der Waals surface area contributed by atoms with Crippen LogP contribution in [-0.2, 0) is 32.6 Å². The van der Waals surface area contributed by atoms with E-state index in [2.05, 4.69) is 22.5 Å². The van der Waals surface area contributed by atoms with Crippen LogP contribution in [0.25, 0.3) is 0 Å². The van der Waals surface area contributed by atoms with Gasteiger partial charge in [-0.3, -0.25) is 14.4 Å². The second-order valence-electron chi connectivity index (χ2n) is 8.66. The van der Waals surface area contributed by atoms with Gasteiger partial charge in [-0.2, -0.15) is 9.40 Å². The summed E-state index contributed by atoms with van der Waals surface area (Å²) in [6.07, 6.45) is 3.79. The number of likely N-dealkylation sites (N-methyl/N-ethyl adjacent to an activating group) is 1. The molecule has 1 fully saturated rings. The molecule has 1 saturated heterocycles. The fourth-order valence-corrected chi connectivity index (χ4v) is 5.34. The number of carbonyl (C=O) groups is 1. The van der Waals surface area contributed by atoms with Crippen molar-refractivity contribution in [3.8, 4) is 0 Å². The molecule has 1 aromatic heterocycles. The lowest BCUT2D eigenvalue weighted by Crippen LogP contribution is -2.40. The van der Waals surface area contributed by atoms with Crippen LogP contribution in [0.1, 0.15) is 18.1 Å². The molecule has 1 N–H and O–H groups in total. The van der Waals surface area contributed by atoms with Gasteiger partial charge in [0.05, 0.1) is 36.9 Å². The standard InChI is InChI=1S/C25H31N5O4S/c1-20(28(2)17-22-16-26-29(19-22)18-21-7-4-3-5-8-21)25(31)27-23-9-6-10-24(15-23)35(32,33)30-11-13-34-14-12-30/h3-10,15-16,19-20H,11-14,17-18H2,1-2H3,(H,27,31). The Labute approximate surface area is 206 Å². The first-order valence-electron chi connectivity index (χ1n) is 11.6. The summed E-state index contributed by atoms with van der Waals surface area (Å²) in [6.45, 7) is 4.46. The van der Waals surface area contributed by atoms with Gasteiger partial charge in [-0.25, -0.2) is 8.42 Å². The minimum Gasteiger partial charge on any atom is -0.379 e. The highest BCUT2D eigenvalue weighted by Gasteiger charge is 2.27. The zero-order chi connectivity index (χ0) is 24.8. The number of morpholine rings is 1. The Morgan fingerprint density at radius 3 is 2.60 bits per heavy atom. The van der Waals surface area contributed by atoms with Crippen LogP contribution in [0.5, 0.6) is 0 Å². The van der Waals surface area contributed by atoms with Crippen molar-refractivity contribution < 1.29 is 17.9 Å². The summed E-state index contributed by atoms with van der Waals surface area (Å²) in [5, 5.41) is 7.28. The predicted molar refractivity (Wildman–Crippen MR) is 133 cm³/mol. The van der Waals surface area contributed by atoms with Crippen molar-refractivity contribution in [3.63, 3.8) is 0 Å². The van der Waals surface area contributed by atoms with Crippen LogP contribution < -0.4 is 5.32 Å². The van der Waals surface area contributed by atoms with Gasteiger partial charge < -0.3 is 10.1 Å². The molecule has 0 aliphatic carbocycles. The third kappa shape index (κ3) is 6.34. The van der Waals surface area contributed by atoms with E-state index in [1.54, 1.807) is 18.2 Å². The number of hydrogen-bond donors (Lipinski definition) is 1. The molecule has 2 aromatic carbocycles. The predicted octanol–water partition coefficient (Wildman–Crippen LogP) is 2.41. The average molecular weight is 498 g/mol. The van der Waals surface area contributed by atoms with Crippen LogP contribution in [0.2, 0.25) is 0 Å². The number of rotatable bonds is 9. The third-order valence-electron chi connectivity index (χ3n) is 6.06. The number of aromatic nitrogens is 2. The fraction of sp³-hybridized carbons (Fsp3) is 0.360. The zero-order valence-electron chi connectivity index (χ0n) is 20.0. The monoisotopic (exact) mass is 497 g/mol. The Morgan fingerprint density at radius 2 is 1.86 bits per heavy atom. The number of benzene rings is 2. The summed E-state index contributed by atoms with van der Waals surface area (Å²) in [4.78, 5) is 15.0. The summed E-state index contributed by atoms with van der Waals surface area (Å²) in [7, 11) is -1.76. The molecule has 4 rings (SSSR count). The van der Waals surface area contributed by atoms with Gasteiger partial charge in [0.2, 0.25) is 15.9 Å². The normalized spacial score (nSPS) is 15.7. The molecular weight excluding hydrogens is 466 g/mol. The van der Waals surface area contributed by atoms with Crippen LogP contribution in [0.4, 0.5) is 5.69 Å². The van der Waals surface area contributed by atoms with E-state index in [9.17, 15) is 13.2 Å². The molecule has 1 unspecified atom stereocenters. The Kier molecular flexibility index (Phi) is 7.97. The SMILES string of the molecule is CC(C(=O)Nc1cccc(S(=O)(=O)N2CCOCC2)c1)N(C)Cc1cnn(Cc2ccccc2)c1. The lowest BCUT2D eigenvalue weighted by atomic mass is 10.2. The van der Waals surface area contributed by atoms with E-state index in [1.165, 1.54) is 15.9 Å². The average Bonchev–Trinajstić information content (AvgIpc) is 3.31. The van der Waals surface area contributed by atoms with E-state index in [0.717, 1.165) is 5.56 Å². The first kappa shape index (κ1) is 25.1. The van der Waals surface area contributed by atoms with Gasteiger partial charge in [0.15, 0.2) is 0 Å². The van der Waals surface area contributed by atoms with Gasteiger partial charge >= 0.3 is 0 Å². The highest BCUT2D eigenvalue weighted by molar-refractivity contribution is 7.89. The van der Waals surface area contributed by atoms with Crippen molar-refractivity contribution in [2.24, 2.45) is 0 Å². The molecule has 1 aliphatic heterocycles. The molecule has 1 amide bonds. The van der Waals surface area contributed by atoms with Crippen molar-refractivity contribution in [2.75, 3.05) is 38.7 Å². The maximum Gasteiger partial charge on any atom is 0.243 e. The molecule has 0 saturated carbocycles. The lowest BCUT2D eigenvalue weighted by molar-refractivity contribution is -0.120. The molecule has 1 atom stereocenters. The highest BCUT2D eigenvalue weighted by atomic mass is 32.2. The second kappa shape index (κ2) is 11.1. The molecule has 0 spiro atoms. The van der Waals surface area contributed by atoms with Crippen LogP contribution in [-0.4, -0.2) is 72.7 Å². The number of hydrogen-bond acceptors (Lipinski definition) is 6. The summed E-state index contributed by atoms with van der Waals surface area (Å²) in [5.41, 5.74) is 2.61. The zero-order valence-corrected chi connectivity index (χ0v) is 20.8. The third-order valence-corrected chi connectivity index (χ3v) is 7.95. The number of nitrogens with one attached hydrogen (secondary N) is 1. The molecule has 10 heteroatoms.